The second-order valence-electron chi connectivity index (χ2n) is 10.3. The highest BCUT2D eigenvalue weighted by molar-refractivity contribution is 5.68. The first-order valence-corrected chi connectivity index (χ1v) is 14.2. The Kier molecular flexibility index (Phi) is 6.59. The Balaban J connectivity index is 1.24. The molecule has 204 valence electrons. The molecular weight excluding hydrogens is 512 g/mol. The highest BCUT2D eigenvalue weighted by Gasteiger charge is 2.26. The van der Waals surface area contributed by atoms with Gasteiger partial charge in [0.25, 0.3) is 0 Å². The quantitative estimate of drug-likeness (QED) is 0.219. The van der Waals surface area contributed by atoms with Gasteiger partial charge in [0.15, 0.2) is 0 Å². The zero-order valence-corrected chi connectivity index (χ0v) is 23.1. The number of rotatable bonds is 6. The van der Waals surface area contributed by atoms with Crippen LogP contribution in [0.3, 0.4) is 0 Å². The first-order chi connectivity index (χ1) is 21.6. The molecule has 1 heterocycles. The summed E-state index contributed by atoms with van der Waals surface area (Å²) in [7, 11) is 0. The summed E-state index contributed by atoms with van der Waals surface area (Å²) in [5.41, 5.74) is 16.0. The lowest BCUT2D eigenvalue weighted by Crippen LogP contribution is -2.62. The van der Waals surface area contributed by atoms with E-state index in [-0.39, 0.29) is 0 Å². The van der Waals surface area contributed by atoms with Crippen molar-refractivity contribution >= 4 is 11.4 Å². The minimum Gasteiger partial charge on any atom is -0.286 e. The van der Waals surface area contributed by atoms with E-state index in [4.69, 9.17) is 0 Å². The maximum absolute atomic E-state index is 9.34. The summed E-state index contributed by atoms with van der Waals surface area (Å²) >= 11 is 0. The Morgan fingerprint density at radius 2 is 0.714 bits per heavy atom. The van der Waals surface area contributed by atoms with E-state index in [9.17, 15) is 2.74 Å². The van der Waals surface area contributed by atoms with Gasteiger partial charge in [-0.2, -0.15) is 0 Å². The number of hydrogen-bond donors (Lipinski definition) is 2. The first kappa shape index (κ1) is 23.5. The predicted molar refractivity (Wildman–Crippen MR) is 174 cm³/mol. The van der Waals surface area contributed by atoms with Crippen molar-refractivity contribution in [2.45, 2.75) is 6.17 Å². The molecule has 1 saturated heterocycles. The van der Waals surface area contributed by atoms with Crippen molar-refractivity contribution in [3.63, 3.8) is 0 Å². The van der Waals surface area contributed by atoms with Crippen molar-refractivity contribution in [1.29, 1.82) is 0 Å². The summed E-state index contributed by atoms with van der Waals surface area (Å²) in [5, 5.41) is 3.22. The van der Waals surface area contributed by atoms with Crippen LogP contribution in [0.4, 0.5) is 11.4 Å². The standard InChI is InChI=1S/C38H32N4/c1-4-10-29(11-5-1)32-16-18-35(19-17-32)38-39-41(36-24-20-33(21-25-36)30-12-6-2-7-13-30)28-42(40-38)37-26-22-34(23-27-37)31-14-8-3-9-15-31/h1-27,38-40H,28H2/i28D2. The number of hydrogen-bond acceptors (Lipinski definition) is 4. The summed E-state index contributed by atoms with van der Waals surface area (Å²) in [6.45, 7) is -1.96. The van der Waals surface area contributed by atoms with Crippen molar-refractivity contribution in [1.82, 2.24) is 10.9 Å². The fraction of sp³-hybridized carbons (Fsp3) is 0.0526. The van der Waals surface area contributed by atoms with Crippen LogP contribution >= 0.6 is 0 Å². The molecule has 1 aliphatic rings. The number of benzene rings is 6. The SMILES string of the molecule is [2H]C1([2H])N(c2ccc(-c3ccccc3)cc2)NC(c2ccc(-c3ccccc3)cc2)NN1c1ccc(-c2ccccc2)cc1. The van der Waals surface area contributed by atoms with Gasteiger partial charge in [0.05, 0.1) is 14.1 Å². The topological polar surface area (TPSA) is 30.5 Å². The van der Waals surface area contributed by atoms with Crippen molar-refractivity contribution < 1.29 is 2.74 Å². The number of nitrogens with one attached hydrogen (secondary N) is 2. The maximum atomic E-state index is 9.34. The van der Waals surface area contributed by atoms with Gasteiger partial charge in [-0.3, -0.25) is 10.0 Å². The van der Waals surface area contributed by atoms with Gasteiger partial charge in [-0.15, -0.1) is 0 Å². The van der Waals surface area contributed by atoms with E-state index in [0.29, 0.717) is 11.4 Å². The highest BCUT2D eigenvalue weighted by atomic mass is 15.7. The van der Waals surface area contributed by atoms with Crippen LogP contribution in [0.5, 0.6) is 0 Å². The molecule has 0 radical (unpaired) electrons. The minimum atomic E-state index is -1.96. The lowest BCUT2D eigenvalue weighted by atomic mass is 10.0. The van der Waals surface area contributed by atoms with E-state index >= 15 is 0 Å². The number of nitrogens with zero attached hydrogens (tertiary/aromatic N) is 2. The van der Waals surface area contributed by atoms with Gasteiger partial charge in [-0.1, -0.05) is 140 Å². The summed E-state index contributed by atoms with van der Waals surface area (Å²) in [4.78, 5) is 0. The average Bonchev–Trinajstić information content (AvgIpc) is 3.10. The summed E-state index contributed by atoms with van der Waals surface area (Å²) in [6.07, 6.45) is -0.397. The van der Waals surface area contributed by atoms with Crippen molar-refractivity contribution in [2.24, 2.45) is 0 Å². The molecule has 0 unspecified atom stereocenters. The van der Waals surface area contributed by atoms with Gasteiger partial charge in [0.1, 0.15) is 12.8 Å². The van der Waals surface area contributed by atoms with E-state index < -0.39 is 12.8 Å². The first-order valence-electron chi connectivity index (χ1n) is 15.2. The molecular formula is C38H32N4. The predicted octanol–water partition coefficient (Wildman–Crippen LogP) is 8.68. The zero-order chi connectivity index (χ0) is 29.9. The van der Waals surface area contributed by atoms with Crippen LogP contribution in [0.1, 0.15) is 14.5 Å². The fourth-order valence-corrected chi connectivity index (χ4v) is 5.22. The molecule has 0 saturated carbocycles. The Morgan fingerprint density at radius 3 is 1.07 bits per heavy atom. The summed E-state index contributed by atoms with van der Waals surface area (Å²) in [5.74, 6) is 0. The van der Waals surface area contributed by atoms with Crippen molar-refractivity contribution in [2.75, 3.05) is 16.6 Å². The monoisotopic (exact) mass is 546 g/mol. The molecule has 6 aromatic carbocycles. The molecule has 0 aliphatic carbocycles. The van der Waals surface area contributed by atoms with Gasteiger partial charge < -0.3 is 0 Å². The third-order valence-corrected chi connectivity index (χ3v) is 7.53. The molecule has 42 heavy (non-hydrogen) atoms. The largest absolute Gasteiger partial charge is 0.286 e. The van der Waals surface area contributed by atoms with Gasteiger partial charge in [-0.25, -0.2) is 10.9 Å². The lowest BCUT2D eigenvalue weighted by Gasteiger charge is -2.44. The lowest BCUT2D eigenvalue weighted by molar-refractivity contribution is 0.348. The Hall–Kier alpha value is -5.16. The number of hydrazine groups is 2. The minimum absolute atomic E-state index is 0.397. The van der Waals surface area contributed by atoms with Crippen molar-refractivity contribution in [3.05, 3.63) is 169 Å². The van der Waals surface area contributed by atoms with Crippen LogP contribution < -0.4 is 20.9 Å². The normalized spacial score (nSPS) is 15.6. The Bertz CT molecular complexity index is 1720. The molecule has 0 amide bonds. The van der Waals surface area contributed by atoms with Crippen LogP contribution in [-0.2, 0) is 0 Å². The van der Waals surface area contributed by atoms with Gasteiger partial charge in [0.2, 0.25) is 0 Å². The van der Waals surface area contributed by atoms with E-state index in [1.54, 1.807) is 10.0 Å². The van der Waals surface area contributed by atoms with Crippen LogP contribution in [-0.4, -0.2) is 6.62 Å². The number of anilines is 2. The van der Waals surface area contributed by atoms with Gasteiger partial charge >= 0.3 is 0 Å². The van der Waals surface area contributed by atoms with E-state index in [2.05, 4.69) is 71.5 Å². The molecule has 0 atom stereocenters. The summed E-state index contributed by atoms with van der Waals surface area (Å²) in [6, 6.07) is 55.1. The second-order valence-corrected chi connectivity index (χ2v) is 10.3. The van der Waals surface area contributed by atoms with E-state index in [1.807, 2.05) is 103 Å². The third kappa shape index (κ3) is 5.54. The van der Waals surface area contributed by atoms with Crippen LogP contribution in [0, 0.1) is 0 Å². The molecule has 0 bridgehead atoms. The van der Waals surface area contributed by atoms with Crippen LogP contribution in [0.15, 0.2) is 164 Å². The van der Waals surface area contributed by atoms with E-state index in [0.717, 1.165) is 38.9 Å². The second kappa shape index (κ2) is 11.8. The molecule has 1 aliphatic heterocycles. The van der Waals surface area contributed by atoms with E-state index in [1.165, 1.54) is 0 Å². The van der Waals surface area contributed by atoms with Crippen molar-refractivity contribution in [3.8, 4) is 33.4 Å². The third-order valence-electron chi connectivity index (χ3n) is 7.53. The highest BCUT2D eigenvalue weighted by Crippen LogP contribution is 2.29. The van der Waals surface area contributed by atoms with Gasteiger partial charge in [0, 0.05) is 0 Å². The zero-order valence-electron chi connectivity index (χ0n) is 25.1. The molecule has 0 spiro atoms. The summed E-state index contributed by atoms with van der Waals surface area (Å²) < 4.78 is 18.7. The smallest absolute Gasteiger partial charge is 0.120 e. The molecule has 6 aromatic rings. The Labute approximate surface area is 250 Å². The van der Waals surface area contributed by atoms with Crippen LogP contribution in [0.25, 0.3) is 33.4 Å². The molecule has 0 aromatic heterocycles. The molecule has 4 nitrogen and oxygen atoms in total. The molecule has 7 rings (SSSR count). The maximum Gasteiger partial charge on any atom is 0.120 e. The fourth-order valence-electron chi connectivity index (χ4n) is 5.22. The van der Waals surface area contributed by atoms with Crippen LogP contribution in [0.2, 0.25) is 0 Å². The van der Waals surface area contributed by atoms with Gasteiger partial charge in [-0.05, 0) is 63.2 Å². The average molecular weight is 547 g/mol. The molecule has 1 fully saturated rings. The molecule has 4 heteroatoms. The Morgan fingerprint density at radius 1 is 0.405 bits per heavy atom. The molecule has 2 N–H and O–H groups in total.